The van der Waals surface area contributed by atoms with Crippen molar-refractivity contribution in [2.45, 2.75) is 25.9 Å². The normalized spacial score (nSPS) is 13.5. The zero-order valence-electron chi connectivity index (χ0n) is 16.0. The lowest BCUT2D eigenvalue weighted by Gasteiger charge is -2.27. The lowest BCUT2D eigenvalue weighted by Crippen LogP contribution is -2.38. The molecule has 7 nitrogen and oxygen atoms in total. The van der Waals surface area contributed by atoms with Crippen molar-refractivity contribution in [2.24, 2.45) is 0 Å². The number of thiophene rings is 1. The number of aryl methyl sites for hydroxylation is 1. The molecule has 3 aromatic rings. The van der Waals surface area contributed by atoms with Gasteiger partial charge in [-0.3, -0.25) is 9.36 Å². The van der Waals surface area contributed by atoms with E-state index in [0.717, 1.165) is 16.9 Å². The number of urea groups is 1. The van der Waals surface area contributed by atoms with E-state index < -0.39 is 5.82 Å². The van der Waals surface area contributed by atoms with Gasteiger partial charge >= 0.3 is 6.03 Å². The van der Waals surface area contributed by atoms with Crippen LogP contribution in [0.2, 0.25) is 0 Å². The molecular weight excluding hydrogens is 395 g/mol. The topological polar surface area (TPSA) is 76.5 Å². The van der Waals surface area contributed by atoms with Gasteiger partial charge in [0.2, 0.25) is 0 Å². The Morgan fingerprint density at radius 1 is 1.38 bits per heavy atom. The Kier molecular flexibility index (Phi) is 5.59. The van der Waals surface area contributed by atoms with Crippen molar-refractivity contribution in [3.05, 3.63) is 57.2 Å². The summed E-state index contributed by atoms with van der Waals surface area (Å²) < 4.78 is 20.5. The number of amides is 2. The predicted molar refractivity (Wildman–Crippen MR) is 110 cm³/mol. The third-order valence-corrected chi connectivity index (χ3v) is 6.10. The first kappa shape index (κ1) is 19.5. The Labute approximate surface area is 170 Å². The molecule has 2 amide bonds. The van der Waals surface area contributed by atoms with Gasteiger partial charge in [0.15, 0.2) is 0 Å². The molecule has 0 bridgehead atoms. The number of nitrogens with one attached hydrogen (secondary N) is 1. The molecule has 0 aliphatic carbocycles. The highest BCUT2D eigenvalue weighted by atomic mass is 32.1. The molecule has 2 aromatic heterocycles. The summed E-state index contributed by atoms with van der Waals surface area (Å²) >= 11 is 1.44. The number of fused-ring (bicyclic) bond motifs is 3. The quantitative estimate of drug-likeness (QED) is 0.648. The molecule has 0 saturated heterocycles. The van der Waals surface area contributed by atoms with E-state index in [1.807, 2.05) is 0 Å². The van der Waals surface area contributed by atoms with Gasteiger partial charge in [-0.25, -0.2) is 14.2 Å². The largest absolute Gasteiger partial charge is 0.385 e. The second kappa shape index (κ2) is 8.30. The third-order valence-electron chi connectivity index (χ3n) is 4.98. The van der Waals surface area contributed by atoms with E-state index in [2.05, 4.69) is 10.3 Å². The number of hydrogen-bond donors (Lipinski definition) is 1. The minimum atomic E-state index is -0.473. The van der Waals surface area contributed by atoms with Crippen LogP contribution in [-0.4, -0.2) is 40.7 Å². The zero-order valence-corrected chi connectivity index (χ0v) is 16.8. The molecule has 4 rings (SSSR count). The van der Waals surface area contributed by atoms with Crippen LogP contribution in [0.1, 0.15) is 16.9 Å². The SMILES string of the molecule is COCCCn1cnc2sc3c(c2c1=O)CCN(C(=O)Nc1ccccc1F)C3. The Hall–Kier alpha value is -2.78. The molecule has 1 aromatic carbocycles. The van der Waals surface area contributed by atoms with Gasteiger partial charge in [0.25, 0.3) is 5.56 Å². The van der Waals surface area contributed by atoms with Gasteiger partial charge in [-0.15, -0.1) is 11.3 Å². The fourth-order valence-electron chi connectivity index (χ4n) is 3.49. The maximum Gasteiger partial charge on any atom is 0.322 e. The lowest BCUT2D eigenvalue weighted by molar-refractivity contribution is 0.190. The van der Waals surface area contributed by atoms with Crippen molar-refractivity contribution >= 4 is 33.3 Å². The summed E-state index contributed by atoms with van der Waals surface area (Å²) in [5.74, 6) is -0.473. The number of nitrogens with zero attached hydrogens (tertiary/aromatic N) is 3. The molecule has 0 fully saturated rings. The van der Waals surface area contributed by atoms with E-state index in [0.29, 0.717) is 42.9 Å². The zero-order chi connectivity index (χ0) is 20.4. The smallest absolute Gasteiger partial charge is 0.322 e. The van der Waals surface area contributed by atoms with Crippen LogP contribution in [0.15, 0.2) is 35.4 Å². The minimum absolute atomic E-state index is 0.0483. The lowest BCUT2D eigenvalue weighted by atomic mass is 10.1. The van der Waals surface area contributed by atoms with Gasteiger partial charge in [-0.1, -0.05) is 12.1 Å². The van der Waals surface area contributed by atoms with Gasteiger partial charge < -0.3 is 15.0 Å². The molecular formula is C20H21FN4O3S. The van der Waals surface area contributed by atoms with Gasteiger partial charge in [0, 0.05) is 31.7 Å². The first-order valence-electron chi connectivity index (χ1n) is 9.37. The van der Waals surface area contributed by atoms with E-state index in [-0.39, 0.29) is 17.3 Å². The van der Waals surface area contributed by atoms with E-state index in [1.165, 1.54) is 23.5 Å². The van der Waals surface area contributed by atoms with E-state index in [4.69, 9.17) is 4.74 Å². The summed E-state index contributed by atoms with van der Waals surface area (Å²) in [4.78, 5) is 33.2. The molecule has 1 N–H and O–H groups in total. The highest BCUT2D eigenvalue weighted by molar-refractivity contribution is 7.18. The summed E-state index contributed by atoms with van der Waals surface area (Å²) in [6, 6.07) is 5.72. The molecule has 0 unspecified atom stereocenters. The highest BCUT2D eigenvalue weighted by Gasteiger charge is 2.26. The van der Waals surface area contributed by atoms with E-state index in [9.17, 15) is 14.0 Å². The Bertz CT molecular complexity index is 1110. The van der Waals surface area contributed by atoms with Crippen LogP contribution in [0.3, 0.4) is 0 Å². The molecule has 0 spiro atoms. The first-order valence-corrected chi connectivity index (χ1v) is 10.2. The van der Waals surface area contributed by atoms with Crippen molar-refractivity contribution in [3.8, 4) is 0 Å². The predicted octanol–water partition coefficient (Wildman–Crippen LogP) is 3.22. The average molecular weight is 416 g/mol. The number of halogens is 1. The number of carbonyl (C=O) groups excluding carboxylic acids is 1. The van der Waals surface area contributed by atoms with Gasteiger partial charge in [-0.2, -0.15) is 0 Å². The first-order chi connectivity index (χ1) is 14.1. The summed E-state index contributed by atoms with van der Waals surface area (Å²) in [5.41, 5.74) is 1.08. The second-order valence-corrected chi connectivity index (χ2v) is 7.94. The molecule has 29 heavy (non-hydrogen) atoms. The van der Waals surface area contributed by atoms with E-state index >= 15 is 0 Å². The van der Waals surface area contributed by atoms with Crippen molar-refractivity contribution in [1.82, 2.24) is 14.5 Å². The third kappa shape index (κ3) is 3.88. The van der Waals surface area contributed by atoms with Gasteiger partial charge in [0.05, 0.1) is 23.9 Å². The fourth-order valence-corrected chi connectivity index (χ4v) is 4.68. The Balaban J connectivity index is 1.55. The number of hydrogen-bond acceptors (Lipinski definition) is 5. The highest BCUT2D eigenvalue weighted by Crippen LogP contribution is 2.32. The van der Waals surface area contributed by atoms with Crippen molar-refractivity contribution in [2.75, 3.05) is 25.6 Å². The van der Waals surface area contributed by atoms with Crippen LogP contribution in [0, 0.1) is 5.82 Å². The Morgan fingerprint density at radius 3 is 3.00 bits per heavy atom. The van der Waals surface area contributed by atoms with Crippen LogP contribution in [0.4, 0.5) is 14.9 Å². The number of carbonyl (C=O) groups is 1. The Morgan fingerprint density at radius 2 is 2.21 bits per heavy atom. The summed E-state index contributed by atoms with van der Waals surface area (Å²) in [6.45, 7) is 1.96. The standard InChI is InChI=1S/C20H21FN4O3S/c1-28-10-4-8-25-12-22-18-17(19(25)26)13-7-9-24(11-16(13)29-18)20(27)23-15-6-3-2-5-14(15)21/h2-3,5-6,12H,4,7-11H2,1H3,(H,23,27). The van der Waals surface area contributed by atoms with Crippen molar-refractivity contribution in [3.63, 3.8) is 0 Å². The number of benzene rings is 1. The summed E-state index contributed by atoms with van der Waals surface area (Å²) in [6.07, 6.45) is 2.88. The van der Waals surface area contributed by atoms with E-state index in [1.54, 1.807) is 35.0 Å². The molecule has 3 heterocycles. The number of rotatable bonds is 5. The van der Waals surface area contributed by atoms with Crippen LogP contribution < -0.4 is 10.9 Å². The van der Waals surface area contributed by atoms with Crippen LogP contribution in [0.5, 0.6) is 0 Å². The van der Waals surface area contributed by atoms with Crippen LogP contribution in [-0.2, 0) is 24.2 Å². The van der Waals surface area contributed by atoms with Crippen molar-refractivity contribution in [1.29, 1.82) is 0 Å². The average Bonchev–Trinajstić information content (AvgIpc) is 3.10. The molecule has 9 heteroatoms. The summed E-state index contributed by atoms with van der Waals surface area (Å²) in [5, 5.41) is 3.27. The maximum absolute atomic E-state index is 13.8. The van der Waals surface area contributed by atoms with Crippen LogP contribution in [0.25, 0.3) is 10.2 Å². The number of aromatic nitrogens is 2. The molecule has 0 radical (unpaired) electrons. The van der Waals surface area contributed by atoms with Gasteiger partial charge in [-0.05, 0) is 30.5 Å². The van der Waals surface area contributed by atoms with Gasteiger partial charge in [0.1, 0.15) is 10.6 Å². The minimum Gasteiger partial charge on any atom is -0.385 e. The molecule has 1 aliphatic heterocycles. The fraction of sp³-hybridized carbons (Fsp3) is 0.350. The number of para-hydroxylation sites is 1. The monoisotopic (exact) mass is 416 g/mol. The molecule has 0 saturated carbocycles. The molecule has 0 atom stereocenters. The maximum atomic E-state index is 13.8. The van der Waals surface area contributed by atoms with Crippen molar-refractivity contribution < 1.29 is 13.9 Å². The number of anilines is 1. The molecule has 152 valence electrons. The summed E-state index contributed by atoms with van der Waals surface area (Å²) in [7, 11) is 1.63. The number of methoxy groups -OCH3 is 1. The second-order valence-electron chi connectivity index (χ2n) is 6.85. The number of ether oxygens (including phenoxy) is 1. The van der Waals surface area contributed by atoms with Crippen LogP contribution >= 0.6 is 11.3 Å². The molecule has 1 aliphatic rings.